The van der Waals surface area contributed by atoms with Crippen molar-refractivity contribution in [3.63, 3.8) is 0 Å². The summed E-state index contributed by atoms with van der Waals surface area (Å²) in [5.74, 6) is 1.03. The molecule has 0 saturated carbocycles. The number of rotatable bonds is 6. The number of amides is 1. The Morgan fingerprint density at radius 1 is 1.29 bits per heavy atom. The highest BCUT2D eigenvalue weighted by molar-refractivity contribution is 5.67. The van der Waals surface area contributed by atoms with Gasteiger partial charge < -0.3 is 20.1 Å². The number of carbonyl (C=O) groups is 1. The van der Waals surface area contributed by atoms with Gasteiger partial charge in [0.1, 0.15) is 17.0 Å². The monoisotopic (exact) mass is 334 g/mol. The lowest BCUT2D eigenvalue weighted by atomic mass is 10.0. The average Bonchev–Trinajstić information content (AvgIpc) is 2.75. The highest BCUT2D eigenvalue weighted by atomic mass is 16.6. The van der Waals surface area contributed by atoms with E-state index in [1.54, 1.807) is 0 Å². The van der Waals surface area contributed by atoms with Crippen LogP contribution < -0.4 is 15.4 Å². The first kappa shape index (κ1) is 18.6. The number of para-hydroxylation sites is 1. The maximum absolute atomic E-state index is 11.5. The Kier molecular flexibility index (Phi) is 5.75. The molecule has 1 aromatic carbocycles. The number of carbonyl (C=O) groups excluding carboxylic acids is 1. The van der Waals surface area contributed by atoms with E-state index in [-0.39, 0.29) is 11.7 Å². The van der Waals surface area contributed by atoms with E-state index in [1.165, 1.54) is 11.1 Å². The Morgan fingerprint density at radius 3 is 2.75 bits per heavy atom. The summed E-state index contributed by atoms with van der Waals surface area (Å²) in [5.41, 5.74) is 1.91. The summed E-state index contributed by atoms with van der Waals surface area (Å²) in [6.07, 6.45) is 1.44. The Balaban J connectivity index is 1.68. The second-order valence-corrected chi connectivity index (χ2v) is 7.90. The fourth-order valence-electron chi connectivity index (χ4n) is 2.76. The topological polar surface area (TPSA) is 59.6 Å². The molecule has 2 N–H and O–H groups in total. The van der Waals surface area contributed by atoms with Gasteiger partial charge in [0, 0.05) is 25.1 Å². The first-order valence-electron chi connectivity index (χ1n) is 8.64. The molecular formula is C19H30N2O3. The van der Waals surface area contributed by atoms with Gasteiger partial charge >= 0.3 is 6.09 Å². The summed E-state index contributed by atoms with van der Waals surface area (Å²) in [6, 6.07) is 6.33. The molecule has 0 radical (unpaired) electrons. The number of hydrogen-bond acceptors (Lipinski definition) is 4. The van der Waals surface area contributed by atoms with Crippen molar-refractivity contribution in [3.8, 4) is 5.75 Å². The van der Waals surface area contributed by atoms with E-state index in [0.29, 0.717) is 6.54 Å². The normalized spacial score (nSPS) is 15.5. The van der Waals surface area contributed by atoms with Gasteiger partial charge in [-0.05, 0) is 53.1 Å². The molecule has 0 fully saturated rings. The van der Waals surface area contributed by atoms with Gasteiger partial charge in [0.25, 0.3) is 0 Å². The summed E-state index contributed by atoms with van der Waals surface area (Å²) in [6.45, 7) is 12.0. The van der Waals surface area contributed by atoms with Gasteiger partial charge in [-0.25, -0.2) is 4.79 Å². The van der Waals surface area contributed by atoms with Crippen molar-refractivity contribution >= 4 is 6.09 Å². The van der Waals surface area contributed by atoms with Crippen LogP contribution in [-0.2, 0) is 17.7 Å². The zero-order valence-electron chi connectivity index (χ0n) is 15.5. The zero-order valence-corrected chi connectivity index (χ0v) is 15.5. The van der Waals surface area contributed by atoms with Gasteiger partial charge in [-0.2, -0.15) is 0 Å². The van der Waals surface area contributed by atoms with E-state index < -0.39 is 5.60 Å². The van der Waals surface area contributed by atoms with Gasteiger partial charge in [0.05, 0.1) is 0 Å². The SMILES string of the molecule is CC(C)(C)OC(=O)NCCCNCc1cccc2c1OC(C)(C)C2. The van der Waals surface area contributed by atoms with E-state index in [9.17, 15) is 4.79 Å². The molecule has 24 heavy (non-hydrogen) atoms. The van der Waals surface area contributed by atoms with Crippen LogP contribution >= 0.6 is 0 Å². The summed E-state index contributed by atoms with van der Waals surface area (Å²) in [5, 5.41) is 6.17. The first-order chi connectivity index (χ1) is 11.2. The predicted molar refractivity (Wildman–Crippen MR) is 95.4 cm³/mol. The van der Waals surface area contributed by atoms with E-state index in [2.05, 4.69) is 42.7 Å². The molecule has 0 unspecified atom stereocenters. The highest BCUT2D eigenvalue weighted by Crippen LogP contribution is 2.37. The van der Waals surface area contributed by atoms with Crippen LogP contribution in [0.3, 0.4) is 0 Å². The molecule has 0 spiro atoms. The molecule has 5 heteroatoms. The quantitative estimate of drug-likeness (QED) is 0.783. The molecule has 1 aromatic rings. The summed E-state index contributed by atoms with van der Waals surface area (Å²) in [7, 11) is 0. The number of alkyl carbamates (subject to hydrolysis) is 1. The minimum absolute atomic E-state index is 0.115. The standard InChI is InChI=1S/C19H30N2O3/c1-18(2,3)24-17(22)21-11-7-10-20-13-15-9-6-8-14-12-19(4,5)23-16(14)15/h6,8-9,20H,7,10-13H2,1-5H3,(H,21,22). The van der Waals surface area contributed by atoms with Crippen LogP contribution in [-0.4, -0.2) is 30.4 Å². The van der Waals surface area contributed by atoms with Gasteiger partial charge in [-0.1, -0.05) is 18.2 Å². The van der Waals surface area contributed by atoms with Crippen LogP contribution in [0.2, 0.25) is 0 Å². The zero-order chi connectivity index (χ0) is 17.8. The van der Waals surface area contributed by atoms with Crippen LogP contribution in [0.15, 0.2) is 18.2 Å². The third-order valence-corrected chi connectivity index (χ3v) is 3.69. The molecule has 0 saturated heterocycles. The van der Waals surface area contributed by atoms with Crippen molar-refractivity contribution in [3.05, 3.63) is 29.3 Å². The second kappa shape index (κ2) is 7.43. The lowest BCUT2D eigenvalue weighted by molar-refractivity contribution is 0.0527. The smallest absolute Gasteiger partial charge is 0.407 e. The number of ether oxygens (including phenoxy) is 2. The van der Waals surface area contributed by atoms with Crippen molar-refractivity contribution in [2.75, 3.05) is 13.1 Å². The first-order valence-corrected chi connectivity index (χ1v) is 8.64. The number of nitrogens with one attached hydrogen (secondary N) is 2. The highest BCUT2D eigenvalue weighted by Gasteiger charge is 2.31. The minimum Gasteiger partial charge on any atom is -0.487 e. The summed E-state index contributed by atoms with van der Waals surface area (Å²) >= 11 is 0. The van der Waals surface area contributed by atoms with Crippen LogP contribution in [0, 0.1) is 0 Å². The number of fused-ring (bicyclic) bond motifs is 1. The van der Waals surface area contributed by atoms with Crippen LogP contribution in [0.1, 0.15) is 52.2 Å². The maximum atomic E-state index is 11.5. The van der Waals surface area contributed by atoms with E-state index in [0.717, 1.165) is 31.7 Å². The average molecular weight is 334 g/mol. The van der Waals surface area contributed by atoms with Crippen LogP contribution in [0.5, 0.6) is 5.75 Å². The van der Waals surface area contributed by atoms with Gasteiger partial charge in [-0.15, -0.1) is 0 Å². The van der Waals surface area contributed by atoms with Crippen LogP contribution in [0.25, 0.3) is 0 Å². The van der Waals surface area contributed by atoms with Gasteiger partial charge in [-0.3, -0.25) is 0 Å². The largest absolute Gasteiger partial charge is 0.487 e. The lowest BCUT2D eigenvalue weighted by Crippen LogP contribution is -2.33. The summed E-state index contributed by atoms with van der Waals surface area (Å²) < 4.78 is 11.3. The molecule has 134 valence electrons. The number of benzene rings is 1. The molecule has 0 atom stereocenters. The summed E-state index contributed by atoms with van der Waals surface area (Å²) in [4.78, 5) is 11.5. The fourth-order valence-corrected chi connectivity index (χ4v) is 2.76. The van der Waals surface area contributed by atoms with Crippen molar-refractivity contribution in [1.82, 2.24) is 10.6 Å². The molecule has 0 bridgehead atoms. The van der Waals surface area contributed by atoms with Gasteiger partial charge in [0.2, 0.25) is 0 Å². The fraction of sp³-hybridized carbons (Fsp3) is 0.632. The Labute approximate surface area is 145 Å². The Bertz CT molecular complexity index is 576. The van der Waals surface area contributed by atoms with Crippen molar-refractivity contribution in [2.24, 2.45) is 0 Å². The minimum atomic E-state index is -0.455. The number of hydrogen-bond donors (Lipinski definition) is 2. The van der Waals surface area contributed by atoms with Crippen molar-refractivity contribution in [1.29, 1.82) is 0 Å². The van der Waals surface area contributed by atoms with E-state index >= 15 is 0 Å². The van der Waals surface area contributed by atoms with E-state index in [4.69, 9.17) is 9.47 Å². The lowest BCUT2D eigenvalue weighted by Gasteiger charge is -2.19. The third kappa shape index (κ3) is 5.71. The molecule has 1 aliphatic rings. The molecule has 0 aliphatic carbocycles. The molecule has 1 aliphatic heterocycles. The van der Waals surface area contributed by atoms with E-state index in [1.807, 2.05) is 20.8 Å². The van der Waals surface area contributed by atoms with Gasteiger partial charge in [0.15, 0.2) is 0 Å². The van der Waals surface area contributed by atoms with Crippen molar-refractivity contribution in [2.45, 2.75) is 65.2 Å². The molecule has 1 heterocycles. The second-order valence-electron chi connectivity index (χ2n) is 7.90. The third-order valence-electron chi connectivity index (χ3n) is 3.69. The molecule has 5 nitrogen and oxygen atoms in total. The van der Waals surface area contributed by atoms with Crippen LogP contribution in [0.4, 0.5) is 4.79 Å². The Hall–Kier alpha value is -1.75. The maximum Gasteiger partial charge on any atom is 0.407 e. The van der Waals surface area contributed by atoms with Crippen molar-refractivity contribution < 1.29 is 14.3 Å². The molecule has 0 aromatic heterocycles. The molecule has 1 amide bonds. The predicted octanol–water partition coefficient (Wildman–Crippen LogP) is 3.40. The molecular weight excluding hydrogens is 304 g/mol. The molecule has 2 rings (SSSR count). The Morgan fingerprint density at radius 2 is 2.04 bits per heavy atom.